The summed E-state index contributed by atoms with van der Waals surface area (Å²) in [6.07, 6.45) is 1.69. The SMILES string of the molecule is COc1ccc(/C=N/Nc2nc(-c3ccccc3)c3cc(C)ccc3n2)cc1OC. The van der Waals surface area contributed by atoms with Crippen molar-refractivity contribution in [2.45, 2.75) is 6.92 Å². The van der Waals surface area contributed by atoms with Crippen LogP contribution in [0.1, 0.15) is 11.1 Å². The molecule has 6 heteroatoms. The summed E-state index contributed by atoms with van der Waals surface area (Å²) >= 11 is 0. The van der Waals surface area contributed by atoms with Crippen molar-refractivity contribution in [2.75, 3.05) is 19.6 Å². The Bertz CT molecular complexity index is 1210. The van der Waals surface area contributed by atoms with Crippen molar-refractivity contribution in [3.8, 4) is 22.8 Å². The molecule has 0 spiro atoms. The second kappa shape index (κ2) is 8.61. The minimum absolute atomic E-state index is 0.432. The van der Waals surface area contributed by atoms with Crippen LogP contribution in [-0.2, 0) is 0 Å². The molecule has 6 nitrogen and oxygen atoms in total. The van der Waals surface area contributed by atoms with Gasteiger partial charge < -0.3 is 9.47 Å². The number of benzene rings is 3. The fourth-order valence-electron chi connectivity index (χ4n) is 3.21. The lowest BCUT2D eigenvalue weighted by atomic mass is 10.0. The third-order valence-electron chi connectivity index (χ3n) is 4.68. The topological polar surface area (TPSA) is 68.6 Å². The Balaban J connectivity index is 1.67. The summed E-state index contributed by atoms with van der Waals surface area (Å²) < 4.78 is 10.6. The molecular weight excluding hydrogens is 376 g/mol. The minimum atomic E-state index is 0.432. The first-order chi connectivity index (χ1) is 14.7. The highest BCUT2D eigenvalue weighted by atomic mass is 16.5. The van der Waals surface area contributed by atoms with E-state index >= 15 is 0 Å². The van der Waals surface area contributed by atoms with Gasteiger partial charge in [-0.3, -0.25) is 0 Å². The Labute approximate surface area is 175 Å². The largest absolute Gasteiger partial charge is 0.493 e. The monoisotopic (exact) mass is 398 g/mol. The molecule has 150 valence electrons. The van der Waals surface area contributed by atoms with E-state index in [-0.39, 0.29) is 0 Å². The summed E-state index contributed by atoms with van der Waals surface area (Å²) in [5.74, 6) is 1.75. The average molecular weight is 398 g/mol. The molecule has 1 aromatic heterocycles. The molecule has 1 N–H and O–H groups in total. The third-order valence-corrected chi connectivity index (χ3v) is 4.68. The Morgan fingerprint density at radius 3 is 2.43 bits per heavy atom. The molecular formula is C24H22N4O2. The molecule has 0 fully saturated rings. The van der Waals surface area contributed by atoms with Crippen LogP contribution >= 0.6 is 0 Å². The number of ether oxygens (including phenoxy) is 2. The molecule has 30 heavy (non-hydrogen) atoms. The first-order valence-corrected chi connectivity index (χ1v) is 9.53. The number of hydrazone groups is 1. The zero-order valence-electron chi connectivity index (χ0n) is 17.1. The molecule has 0 aliphatic heterocycles. The number of rotatable bonds is 6. The molecule has 0 aliphatic rings. The zero-order valence-corrected chi connectivity index (χ0v) is 17.1. The molecule has 0 amide bonds. The van der Waals surface area contributed by atoms with Gasteiger partial charge in [-0.05, 0) is 42.8 Å². The number of hydrogen-bond donors (Lipinski definition) is 1. The van der Waals surface area contributed by atoms with Gasteiger partial charge in [0.1, 0.15) is 0 Å². The van der Waals surface area contributed by atoms with E-state index in [0.29, 0.717) is 17.4 Å². The van der Waals surface area contributed by atoms with Crippen molar-refractivity contribution >= 4 is 23.1 Å². The number of hydrogen-bond acceptors (Lipinski definition) is 6. The van der Waals surface area contributed by atoms with E-state index < -0.39 is 0 Å². The van der Waals surface area contributed by atoms with Crippen LogP contribution in [0.4, 0.5) is 5.95 Å². The van der Waals surface area contributed by atoms with E-state index in [2.05, 4.69) is 28.5 Å². The number of anilines is 1. The predicted octanol–water partition coefficient (Wildman–Crippen LogP) is 5.07. The molecule has 0 saturated carbocycles. The molecule has 0 saturated heterocycles. The smallest absolute Gasteiger partial charge is 0.244 e. The summed E-state index contributed by atoms with van der Waals surface area (Å²) in [6.45, 7) is 2.06. The summed E-state index contributed by atoms with van der Waals surface area (Å²) in [5.41, 5.74) is 7.73. The van der Waals surface area contributed by atoms with Gasteiger partial charge in [0, 0.05) is 10.9 Å². The van der Waals surface area contributed by atoms with Gasteiger partial charge in [0.2, 0.25) is 5.95 Å². The number of nitrogens with one attached hydrogen (secondary N) is 1. The normalized spacial score (nSPS) is 11.0. The van der Waals surface area contributed by atoms with Gasteiger partial charge in [0.25, 0.3) is 0 Å². The van der Waals surface area contributed by atoms with Crippen molar-refractivity contribution in [3.63, 3.8) is 0 Å². The van der Waals surface area contributed by atoms with E-state index in [9.17, 15) is 0 Å². The Morgan fingerprint density at radius 2 is 1.67 bits per heavy atom. The highest BCUT2D eigenvalue weighted by Crippen LogP contribution is 2.28. The van der Waals surface area contributed by atoms with E-state index in [1.807, 2.05) is 60.7 Å². The lowest BCUT2D eigenvalue weighted by Crippen LogP contribution is -2.00. The molecule has 0 unspecified atom stereocenters. The van der Waals surface area contributed by atoms with Crippen LogP contribution in [0.15, 0.2) is 71.8 Å². The van der Waals surface area contributed by atoms with Crippen LogP contribution in [0.3, 0.4) is 0 Å². The van der Waals surface area contributed by atoms with Crippen molar-refractivity contribution in [3.05, 3.63) is 77.9 Å². The molecule has 4 rings (SSSR count). The maximum atomic E-state index is 5.33. The average Bonchev–Trinajstić information content (AvgIpc) is 2.79. The number of aromatic nitrogens is 2. The van der Waals surface area contributed by atoms with Gasteiger partial charge in [0.15, 0.2) is 11.5 Å². The van der Waals surface area contributed by atoms with Crippen LogP contribution in [0.25, 0.3) is 22.2 Å². The van der Waals surface area contributed by atoms with Gasteiger partial charge in [-0.2, -0.15) is 5.10 Å². The third kappa shape index (κ3) is 4.07. The molecule has 1 heterocycles. The van der Waals surface area contributed by atoms with E-state index in [1.165, 1.54) is 0 Å². The highest BCUT2D eigenvalue weighted by molar-refractivity contribution is 5.93. The van der Waals surface area contributed by atoms with Crippen molar-refractivity contribution in [1.29, 1.82) is 0 Å². The van der Waals surface area contributed by atoms with Gasteiger partial charge >= 0.3 is 0 Å². The van der Waals surface area contributed by atoms with Gasteiger partial charge in [-0.1, -0.05) is 42.0 Å². The molecule has 0 atom stereocenters. The van der Waals surface area contributed by atoms with Crippen LogP contribution in [0.5, 0.6) is 11.5 Å². The molecule has 0 bridgehead atoms. The Hall–Kier alpha value is -3.93. The molecule has 4 aromatic rings. The molecule has 3 aromatic carbocycles. The standard InChI is InChI=1S/C24H22N4O2/c1-16-9-11-20-19(13-16)23(18-7-5-4-6-8-18)27-24(26-20)28-25-15-17-10-12-21(29-2)22(14-17)30-3/h4-15H,1-3H3,(H,26,27,28)/b25-15+. The van der Waals surface area contributed by atoms with E-state index in [1.54, 1.807) is 20.4 Å². The maximum Gasteiger partial charge on any atom is 0.244 e. The second-order valence-electron chi connectivity index (χ2n) is 6.77. The lowest BCUT2D eigenvalue weighted by molar-refractivity contribution is 0.355. The second-order valence-corrected chi connectivity index (χ2v) is 6.77. The number of nitrogens with zero attached hydrogens (tertiary/aromatic N) is 3. The van der Waals surface area contributed by atoms with E-state index in [4.69, 9.17) is 14.5 Å². The predicted molar refractivity (Wildman–Crippen MR) is 120 cm³/mol. The quantitative estimate of drug-likeness (QED) is 0.363. The van der Waals surface area contributed by atoms with Crippen molar-refractivity contribution in [1.82, 2.24) is 9.97 Å². The van der Waals surface area contributed by atoms with Gasteiger partial charge in [-0.15, -0.1) is 0 Å². The molecule has 0 radical (unpaired) electrons. The summed E-state index contributed by atoms with van der Waals surface area (Å²) in [6, 6.07) is 21.8. The minimum Gasteiger partial charge on any atom is -0.493 e. The fourth-order valence-corrected chi connectivity index (χ4v) is 3.21. The summed E-state index contributed by atoms with van der Waals surface area (Å²) in [5, 5.41) is 5.32. The van der Waals surface area contributed by atoms with Gasteiger partial charge in [-0.25, -0.2) is 15.4 Å². The first-order valence-electron chi connectivity index (χ1n) is 9.53. The highest BCUT2D eigenvalue weighted by Gasteiger charge is 2.10. The van der Waals surface area contributed by atoms with Crippen LogP contribution in [0.2, 0.25) is 0 Å². The lowest BCUT2D eigenvalue weighted by Gasteiger charge is -2.09. The van der Waals surface area contributed by atoms with Crippen LogP contribution < -0.4 is 14.9 Å². The summed E-state index contributed by atoms with van der Waals surface area (Å²) in [7, 11) is 3.21. The zero-order chi connectivity index (χ0) is 20.9. The Morgan fingerprint density at radius 1 is 0.867 bits per heavy atom. The number of methoxy groups -OCH3 is 2. The van der Waals surface area contributed by atoms with E-state index in [0.717, 1.165) is 33.3 Å². The maximum absolute atomic E-state index is 5.33. The van der Waals surface area contributed by atoms with Gasteiger partial charge in [0.05, 0.1) is 31.6 Å². The number of fused-ring (bicyclic) bond motifs is 1. The van der Waals surface area contributed by atoms with Crippen LogP contribution in [-0.4, -0.2) is 30.4 Å². The van der Waals surface area contributed by atoms with Crippen molar-refractivity contribution < 1.29 is 9.47 Å². The molecule has 0 aliphatic carbocycles. The van der Waals surface area contributed by atoms with Crippen LogP contribution in [0, 0.1) is 6.92 Å². The fraction of sp³-hybridized carbons (Fsp3) is 0.125. The number of aryl methyl sites for hydroxylation is 1. The summed E-state index contributed by atoms with van der Waals surface area (Å²) in [4.78, 5) is 9.34. The Kier molecular flexibility index (Phi) is 5.57. The van der Waals surface area contributed by atoms with Crippen molar-refractivity contribution in [2.24, 2.45) is 5.10 Å². The first kappa shape index (κ1) is 19.4.